The van der Waals surface area contributed by atoms with Gasteiger partial charge in [0.05, 0.1) is 24.0 Å². The van der Waals surface area contributed by atoms with Crippen LogP contribution in [0.1, 0.15) is 102 Å². The van der Waals surface area contributed by atoms with Crippen LogP contribution >= 0.6 is 15.9 Å². The van der Waals surface area contributed by atoms with Gasteiger partial charge in [-0.05, 0) is 122 Å². The molecule has 3 N–H and O–H groups in total. The number of halogens is 1. The monoisotopic (exact) mass is 1040 g/mol. The van der Waals surface area contributed by atoms with Crippen LogP contribution in [0, 0.1) is 35.5 Å². The number of anilines is 2. The number of carbonyl (C=O) groups excluding carboxylic acids is 2. The number of nitrogens with zero attached hydrogens (tertiary/aromatic N) is 1. The molecule has 0 bridgehead atoms. The van der Waals surface area contributed by atoms with Crippen molar-refractivity contribution in [3.63, 3.8) is 0 Å². The number of Topliss-reactive ketones (excluding diaryl/α,β-unsaturated/α-hetero) is 2. The van der Waals surface area contributed by atoms with Crippen molar-refractivity contribution in [2.45, 2.75) is 107 Å². The van der Waals surface area contributed by atoms with E-state index in [9.17, 15) is 34.8 Å². The van der Waals surface area contributed by atoms with Crippen molar-refractivity contribution < 1.29 is 39.0 Å². The van der Waals surface area contributed by atoms with Crippen LogP contribution in [0.2, 0.25) is 0 Å². The van der Waals surface area contributed by atoms with Crippen LogP contribution in [0.15, 0.2) is 82.2 Å². The Morgan fingerprint density at radius 2 is 1.10 bits per heavy atom. The third-order valence-corrected chi connectivity index (χ3v) is 18.6. The Labute approximate surface area is 407 Å². The van der Waals surface area contributed by atoms with Crippen molar-refractivity contribution in [3.05, 3.63) is 88.4 Å². The molecule has 2 saturated heterocycles. The van der Waals surface area contributed by atoms with Gasteiger partial charge in [-0.25, -0.2) is 16.8 Å². The zero-order valence-electron chi connectivity index (χ0n) is 39.3. The molecule has 6 aliphatic rings. The van der Waals surface area contributed by atoms with E-state index in [1.807, 2.05) is 24.3 Å². The quantitative estimate of drug-likeness (QED) is 0.117. The number of hydrogen-bond donors (Lipinski definition) is 3. The molecule has 17 heteroatoms. The van der Waals surface area contributed by atoms with Gasteiger partial charge in [0.25, 0.3) is 10.1 Å². The number of piperidine rings is 2. The summed E-state index contributed by atoms with van der Waals surface area (Å²) in [4.78, 5) is 27.0. The average molecular weight is 1050 g/mol. The largest absolute Gasteiger partial charge is 0.316 e. The second-order valence-electron chi connectivity index (χ2n) is 20.2. The lowest BCUT2D eigenvalue weighted by Crippen LogP contribution is -2.32. The number of sulfonamides is 2. The molecule has 9 rings (SSSR count). The van der Waals surface area contributed by atoms with E-state index in [1.165, 1.54) is 61.5 Å². The molecule has 4 unspecified atom stereocenters. The van der Waals surface area contributed by atoms with Gasteiger partial charge in [-0.3, -0.25) is 23.2 Å². The molecule has 13 nitrogen and oxygen atoms in total. The van der Waals surface area contributed by atoms with Gasteiger partial charge in [-0.1, -0.05) is 92.6 Å². The number of rotatable bonds is 16. The molecule has 2 heterocycles. The average Bonchev–Trinajstić information content (AvgIpc) is 3.73. The Morgan fingerprint density at radius 3 is 1.57 bits per heavy atom. The van der Waals surface area contributed by atoms with E-state index in [2.05, 4.69) is 61.6 Å². The summed E-state index contributed by atoms with van der Waals surface area (Å²) >= 11 is 3.25. The van der Waals surface area contributed by atoms with Gasteiger partial charge in [0.2, 0.25) is 20.0 Å². The van der Waals surface area contributed by atoms with Crippen molar-refractivity contribution >= 4 is 69.0 Å². The molecule has 67 heavy (non-hydrogen) atoms. The molecule has 0 spiro atoms. The van der Waals surface area contributed by atoms with Crippen molar-refractivity contribution in [1.29, 1.82) is 0 Å². The highest BCUT2D eigenvalue weighted by Gasteiger charge is 2.65. The van der Waals surface area contributed by atoms with Crippen LogP contribution in [0.5, 0.6) is 0 Å². The Kier molecular flexibility index (Phi) is 16.5. The summed E-state index contributed by atoms with van der Waals surface area (Å²) in [6, 6.07) is 21.9. The van der Waals surface area contributed by atoms with Crippen LogP contribution in [-0.2, 0) is 54.8 Å². The molecule has 6 fully saturated rings. The maximum atomic E-state index is 12.5. The Morgan fingerprint density at radius 1 is 0.657 bits per heavy atom. The zero-order valence-corrected chi connectivity index (χ0v) is 43.4. The number of hydrogen-bond acceptors (Lipinski definition) is 11. The first-order valence-electron chi connectivity index (χ1n) is 24.0. The first-order valence-corrected chi connectivity index (χ1v) is 30.0. The predicted octanol–water partition coefficient (Wildman–Crippen LogP) is 8.28. The highest BCUT2D eigenvalue weighted by molar-refractivity contribution is 9.10. The molecule has 3 aromatic rings. The lowest BCUT2D eigenvalue weighted by molar-refractivity contribution is -0.125. The standard InChI is InChI=1S/C22H32N2O3S.C15H19BrO4S.C13H18N2O2S/c1-22(17-9-6-10-18(13-17)23-28(2,26)27)19-14-24(15-20(19)22)12-11-21(25)16-7-4-3-5-8-16;16-13-6-8-14(9-7-13)21(18,19)20-11-10-15(17)12-4-2-1-3-5-12;1-13(11-7-14-8-12(11)13)9-4-3-5-10(6-9)15-18(2,16)17/h6,9-10,13,16,19-20,23H,3-5,7-8,11-12,14-15H2,1-2H3;6-9,12H,1-5,10-11H2;3-6,11-12,14-15H,7-8H2,1-2H3. The molecule has 0 amide bonds. The van der Waals surface area contributed by atoms with Gasteiger partial charge in [-0.15, -0.1) is 0 Å². The lowest BCUT2D eigenvalue weighted by atomic mass is 9.85. The summed E-state index contributed by atoms with van der Waals surface area (Å²) < 4.78 is 80.3. The molecule has 368 valence electrons. The van der Waals surface area contributed by atoms with E-state index < -0.39 is 30.2 Å². The van der Waals surface area contributed by atoms with Crippen molar-refractivity contribution in [2.75, 3.05) is 61.3 Å². The number of carbonyl (C=O) groups is 2. The summed E-state index contributed by atoms with van der Waals surface area (Å²) in [5.74, 6) is 3.62. The minimum absolute atomic E-state index is 0.0757. The second kappa shape index (κ2) is 21.4. The maximum absolute atomic E-state index is 12.5. The Hall–Kier alpha value is -3.19. The smallest absolute Gasteiger partial charge is 0.296 e. The normalized spacial score (nSPS) is 27.3. The topological polar surface area (TPSA) is 185 Å². The van der Waals surface area contributed by atoms with E-state index in [4.69, 9.17) is 4.18 Å². The summed E-state index contributed by atoms with van der Waals surface area (Å²) in [6.45, 7) is 9.64. The fourth-order valence-corrected chi connectivity index (χ4v) is 13.8. The molecule has 4 aliphatic carbocycles. The molecule has 0 radical (unpaired) electrons. The lowest BCUT2D eigenvalue weighted by Gasteiger charge is -2.26. The van der Waals surface area contributed by atoms with Crippen molar-refractivity contribution in [2.24, 2.45) is 35.5 Å². The highest BCUT2D eigenvalue weighted by Crippen LogP contribution is 2.63. The fraction of sp³-hybridized carbons (Fsp3) is 0.600. The van der Waals surface area contributed by atoms with Crippen LogP contribution in [0.25, 0.3) is 0 Å². The van der Waals surface area contributed by atoms with E-state index in [0.29, 0.717) is 53.2 Å². The minimum atomic E-state index is -3.78. The first-order chi connectivity index (χ1) is 31.7. The second-order valence-corrected chi connectivity index (χ2v) is 26.2. The highest BCUT2D eigenvalue weighted by atomic mass is 79.9. The Balaban J connectivity index is 0.000000153. The third-order valence-electron chi connectivity index (χ3n) is 15.5. The summed E-state index contributed by atoms with van der Waals surface area (Å²) in [6.07, 6.45) is 14.4. The van der Waals surface area contributed by atoms with Crippen molar-refractivity contribution in [3.8, 4) is 0 Å². The Bertz CT molecular complexity index is 2540. The number of benzene rings is 3. The minimum Gasteiger partial charge on any atom is -0.316 e. The SMILES string of the molecule is CC1(c2cccc(NS(C)(=O)=O)c2)C2CN(CCC(=O)C3CCCCC3)CC21.CC1(c2cccc(NS(C)(=O)=O)c2)C2CNCC21.O=C(CCOS(=O)(=O)c1ccc(Br)cc1)C1CCCCC1. The van der Waals surface area contributed by atoms with E-state index >= 15 is 0 Å². The van der Waals surface area contributed by atoms with Crippen LogP contribution < -0.4 is 14.8 Å². The first kappa shape index (κ1) is 51.7. The molecule has 4 atom stereocenters. The number of likely N-dealkylation sites (tertiary alicyclic amines) is 1. The molecule has 4 saturated carbocycles. The maximum Gasteiger partial charge on any atom is 0.296 e. The summed E-state index contributed by atoms with van der Waals surface area (Å²) in [5.41, 5.74) is 4.11. The third kappa shape index (κ3) is 13.2. The molecule has 0 aromatic heterocycles. The fourth-order valence-electron chi connectivity index (χ4n) is 11.5. The molecular weight excluding hydrogens is 977 g/mol. The van der Waals surface area contributed by atoms with E-state index in [-0.39, 0.29) is 40.5 Å². The van der Waals surface area contributed by atoms with E-state index in [1.54, 1.807) is 24.3 Å². The van der Waals surface area contributed by atoms with Crippen LogP contribution in [-0.4, -0.2) is 93.6 Å². The molecular formula is C50H69BrN4O9S3. The predicted molar refractivity (Wildman–Crippen MR) is 267 cm³/mol. The zero-order chi connectivity index (χ0) is 48.2. The van der Waals surface area contributed by atoms with Gasteiger partial charge in [0.1, 0.15) is 11.6 Å². The number of fused-ring (bicyclic) bond motifs is 2. The molecule has 2 aliphatic heterocycles. The van der Waals surface area contributed by atoms with Gasteiger partial charge < -0.3 is 10.2 Å². The summed E-state index contributed by atoms with van der Waals surface area (Å²) in [5, 5.41) is 3.39. The van der Waals surface area contributed by atoms with Crippen LogP contribution in [0.4, 0.5) is 11.4 Å². The summed E-state index contributed by atoms with van der Waals surface area (Å²) in [7, 11) is -10.2. The van der Waals surface area contributed by atoms with Crippen LogP contribution in [0.3, 0.4) is 0 Å². The van der Waals surface area contributed by atoms with Gasteiger partial charge in [-0.2, -0.15) is 8.42 Å². The van der Waals surface area contributed by atoms with Gasteiger partial charge in [0, 0.05) is 71.0 Å². The number of ketones is 2. The van der Waals surface area contributed by atoms with E-state index in [0.717, 1.165) is 75.7 Å². The number of nitrogens with one attached hydrogen (secondary N) is 3. The molecule has 3 aromatic carbocycles. The van der Waals surface area contributed by atoms with Gasteiger partial charge in [0.15, 0.2) is 0 Å². The van der Waals surface area contributed by atoms with Crippen molar-refractivity contribution in [1.82, 2.24) is 10.2 Å². The van der Waals surface area contributed by atoms with Gasteiger partial charge >= 0.3 is 0 Å².